The molecule has 21 nitrogen and oxygen atoms in total. The Morgan fingerprint density at radius 1 is 0.406 bits per heavy atom. The molecule has 3 N–H and O–H groups in total. The number of hydrogen-bond donors (Lipinski definition) is 3. The number of esters is 4. The molecular formula is C81H148N2Na3O19P. The van der Waals surface area contributed by atoms with Gasteiger partial charge in [0.05, 0.1) is 52.3 Å². The minimum absolute atomic E-state index is 0. The maximum Gasteiger partial charge on any atom is 1.00 e. The summed E-state index contributed by atoms with van der Waals surface area (Å²) in [5.41, 5.74) is 0. The van der Waals surface area contributed by atoms with E-state index in [1.54, 1.807) is 0 Å². The summed E-state index contributed by atoms with van der Waals surface area (Å²) in [6.07, 6.45) is 36.8. The molecule has 1 aliphatic heterocycles. The van der Waals surface area contributed by atoms with E-state index in [-0.39, 0.29) is 114 Å². The molecule has 1 heterocycles. The number of rotatable bonds is 73. The summed E-state index contributed by atoms with van der Waals surface area (Å²) in [6, 6.07) is -3.80. The van der Waals surface area contributed by atoms with Crippen LogP contribution >= 0.6 is 7.82 Å². The van der Waals surface area contributed by atoms with Crippen LogP contribution in [0.4, 0.5) is 0 Å². The molecule has 0 bridgehead atoms. The number of carboxylic acids is 1. The average Bonchev–Trinajstić information content (AvgIpc) is 0.780. The number of aliphatic carboxylic acids is 1. The fraction of sp³-hybridized carbons (Fsp3) is 0.914. The van der Waals surface area contributed by atoms with Gasteiger partial charge in [-0.15, -0.1) is 0 Å². The van der Waals surface area contributed by atoms with Crippen molar-refractivity contribution in [2.24, 2.45) is 0 Å². The van der Waals surface area contributed by atoms with E-state index >= 15 is 0 Å². The number of carboxylic acid groups (broad SMARTS) is 1. The third-order valence-electron chi connectivity index (χ3n) is 19.7. The molecule has 106 heavy (non-hydrogen) atoms. The summed E-state index contributed by atoms with van der Waals surface area (Å²) in [6.45, 7) is 10.9. The average molecular weight is 1550 g/mol. The standard InChI is InChI=1S/C81H151N2O19P.3Na/c1-7-13-19-25-31-34-40-43-49-55-66(97-73(87)58-52-46-37-28-22-16-10-4)61-71(85)82-69(80(91)92)65-96-81-77(83-72(86)62-67(56-50-44-41-35-32-26-20-14-8-2)98-74(88)59-53-47-38-29-23-17-11-5)79(78(70(64-84)100-81)102-103(93,94)95)101-76(90)63-68(57-51-45-42-36-33-27-21-15-9-3)99-75(89)60-54-48-39-30-24-18-12-6;;;/h66-70,77-79,81,84H,7-65H2,1-6H3,(H,82,85)(H,83,86)(H,91,92)(H2,93,94,95);;;/q;3*+1/p-3/t66-,67-,68-,69+,70-,77-,78-,79-,81-;;;/m1.../s1. The third kappa shape index (κ3) is 62.7. The number of aliphatic hydroxyl groups is 1. The second-order valence-corrected chi connectivity index (χ2v) is 30.6. The molecule has 1 rings (SSSR count). The Morgan fingerprint density at radius 3 is 1.00 bits per heavy atom. The largest absolute Gasteiger partial charge is 1.00 e. The van der Waals surface area contributed by atoms with E-state index in [0.717, 1.165) is 231 Å². The molecule has 0 aromatic rings. The van der Waals surface area contributed by atoms with Gasteiger partial charge in [-0.25, -0.2) is 0 Å². The molecule has 0 radical (unpaired) electrons. The molecule has 0 saturated carbocycles. The Morgan fingerprint density at radius 2 is 0.698 bits per heavy atom. The van der Waals surface area contributed by atoms with Crippen molar-refractivity contribution in [3.05, 3.63) is 0 Å². The first kappa shape index (κ1) is 109. The van der Waals surface area contributed by atoms with Gasteiger partial charge in [-0.05, 0) is 57.8 Å². The van der Waals surface area contributed by atoms with Crippen LogP contribution in [0.2, 0.25) is 0 Å². The van der Waals surface area contributed by atoms with Gasteiger partial charge in [0.15, 0.2) is 12.4 Å². The van der Waals surface area contributed by atoms with Crippen LogP contribution in [0, 0.1) is 0 Å². The summed E-state index contributed by atoms with van der Waals surface area (Å²) in [5.74, 6) is -6.01. The molecule has 604 valence electrons. The Bertz CT molecular complexity index is 2190. The van der Waals surface area contributed by atoms with Crippen molar-refractivity contribution in [2.45, 2.75) is 463 Å². The summed E-state index contributed by atoms with van der Waals surface area (Å²) >= 11 is 0. The second kappa shape index (κ2) is 75.6. The molecule has 0 aromatic carbocycles. The number of hydrogen-bond acceptors (Lipinski definition) is 19. The van der Waals surface area contributed by atoms with Gasteiger partial charge in [0.25, 0.3) is 0 Å². The maximum absolute atomic E-state index is 14.8. The molecular weight excluding hydrogens is 1400 g/mol. The quantitative estimate of drug-likeness (QED) is 0.0173. The predicted octanol–water partition coefficient (Wildman–Crippen LogP) is 7.67. The van der Waals surface area contributed by atoms with Crippen LogP contribution in [-0.4, -0.2) is 115 Å². The zero-order chi connectivity index (χ0) is 75.8. The number of phosphoric acid groups is 1. The maximum atomic E-state index is 14.8. The molecule has 2 amide bonds. The van der Waals surface area contributed by atoms with Gasteiger partial charge in [0.2, 0.25) is 11.8 Å². The van der Waals surface area contributed by atoms with Crippen molar-refractivity contribution in [3.63, 3.8) is 0 Å². The SMILES string of the molecule is CCCCCCCCCCC[C@H](CC(=O)N[C@H]1[C@H](OC[C@H](NC(=O)C[C@@H](CCCCCCCCCCC)OC(=O)CCCCCCCCC)C(=O)[O-])O[C@H](CO)[C@@H](OP(=O)([O-])[O-])[C@@H]1OC(=O)C[C@@H](CCCCCCCCCCC)OC(=O)CCCCCCCCC)OC(=O)CCCCCCCCC.[Na+].[Na+].[Na+]. The molecule has 0 aliphatic carbocycles. The predicted molar refractivity (Wildman–Crippen MR) is 400 cm³/mol. The van der Waals surface area contributed by atoms with Crippen LogP contribution in [0.1, 0.15) is 408 Å². The van der Waals surface area contributed by atoms with E-state index in [0.29, 0.717) is 51.4 Å². The summed E-state index contributed by atoms with van der Waals surface area (Å²) in [5, 5.41) is 29.1. The fourth-order valence-electron chi connectivity index (χ4n) is 13.5. The van der Waals surface area contributed by atoms with Crippen molar-refractivity contribution in [1.29, 1.82) is 0 Å². The van der Waals surface area contributed by atoms with Crippen LogP contribution in [0.15, 0.2) is 0 Å². The number of ether oxygens (including phenoxy) is 6. The van der Waals surface area contributed by atoms with Gasteiger partial charge in [-0.3, -0.25) is 28.8 Å². The monoisotopic (exact) mass is 1550 g/mol. The summed E-state index contributed by atoms with van der Waals surface area (Å²) < 4.78 is 54.1. The molecule has 1 aliphatic rings. The molecule has 1 saturated heterocycles. The smallest absolute Gasteiger partial charge is 0.790 e. The first-order valence-electron chi connectivity index (χ1n) is 42.0. The van der Waals surface area contributed by atoms with E-state index in [2.05, 4.69) is 52.2 Å². The minimum atomic E-state index is -6.07. The van der Waals surface area contributed by atoms with Crippen molar-refractivity contribution in [1.82, 2.24) is 10.6 Å². The Labute approximate surface area is 709 Å². The molecule has 0 spiro atoms. The number of aliphatic hydroxyl groups excluding tert-OH is 1. The van der Waals surface area contributed by atoms with Gasteiger partial charge in [-0.1, -0.05) is 311 Å². The molecule has 0 unspecified atom stereocenters. The molecule has 0 aromatic heterocycles. The first-order valence-corrected chi connectivity index (χ1v) is 43.5. The van der Waals surface area contributed by atoms with Crippen LogP contribution in [0.3, 0.4) is 0 Å². The summed E-state index contributed by atoms with van der Waals surface area (Å²) in [7, 11) is -6.07. The van der Waals surface area contributed by atoms with Crippen LogP contribution in [0.5, 0.6) is 0 Å². The molecule has 9 atom stereocenters. The van der Waals surface area contributed by atoms with Crippen LogP contribution in [0.25, 0.3) is 0 Å². The molecule has 25 heteroatoms. The first-order chi connectivity index (χ1) is 49.8. The fourth-order valence-corrected chi connectivity index (χ4v) is 14.0. The van der Waals surface area contributed by atoms with Crippen LogP contribution in [-0.2, 0) is 71.1 Å². The Hall–Kier alpha value is -0.720. The topological polar surface area (TPSA) is 315 Å². The van der Waals surface area contributed by atoms with Crippen molar-refractivity contribution >= 4 is 49.5 Å². The number of phosphoric ester groups is 1. The van der Waals surface area contributed by atoms with E-state index in [1.165, 1.54) is 38.5 Å². The number of amides is 2. The zero-order valence-corrected chi connectivity index (χ0v) is 75.6. The van der Waals surface area contributed by atoms with Crippen LogP contribution < -0.4 is 114 Å². The number of carbonyl (C=O) groups is 7. The van der Waals surface area contributed by atoms with E-state index in [4.69, 9.17) is 32.9 Å². The van der Waals surface area contributed by atoms with Crippen molar-refractivity contribution in [3.8, 4) is 0 Å². The minimum Gasteiger partial charge on any atom is -0.790 e. The van der Waals surface area contributed by atoms with Gasteiger partial charge in [0.1, 0.15) is 36.6 Å². The number of unbranched alkanes of at least 4 members (excludes halogenated alkanes) is 42. The van der Waals surface area contributed by atoms with E-state index < -0.39 is 137 Å². The Balaban J connectivity index is -0.0000354. The van der Waals surface area contributed by atoms with Gasteiger partial charge in [-0.2, -0.15) is 0 Å². The Kier molecular flexibility index (Phi) is 78.1. The van der Waals surface area contributed by atoms with Crippen molar-refractivity contribution < 1.29 is 180 Å². The van der Waals surface area contributed by atoms with E-state index in [1.807, 2.05) is 0 Å². The normalized spacial score (nSPS) is 16.8. The van der Waals surface area contributed by atoms with Gasteiger partial charge in [0, 0.05) is 19.3 Å². The number of nitrogens with one attached hydrogen (secondary N) is 2. The van der Waals surface area contributed by atoms with Crippen molar-refractivity contribution in [2.75, 3.05) is 13.2 Å². The van der Waals surface area contributed by atoms with Gasteiger partial charge >= 0.3 is 113 Å². The molecule has 1 fully saturated rings. The number of carbonyl (C=O) groups excluding carboxylic acids is 7. The van der Waals surface area contributed by atoms with Gasteiger partial charge < -0.3 is 72.9 Å². The second-order valence-electron chi connectivity index (χ2n) is 29.5. The zero-order valence-electron chi connectivity index (χ0n) is 68.7. The van der Waals surface area contributed by atoms with E-state index in [9.17, 15) is 58.1 Å². The summed E-state index contributed by atoms with van der Waals surface area (Å²) in [4.78, 5) is 122. The third-order valence-corrected chi connectivity index (χ3v) is 20.2.